The van der Waals surface area contributed by atoms with Gasteiger partial charge in [0.2, 0.25) is 0 Å². The summed E-state index contributed by atoms with van der Waals surface area (Å²) < 4.78 is 11.8. The van der Waals surface area contributed by atoms with Gasteiger partial charge in [0.15, 0.2) is 11.9 Å². The zero-order valence-electron chi connectivity index (χ0n) is 25.3. The highest BCUT2D eigenvalue weighted by Crippen LogP contribution is 2.59. The van der Waals surface area contributed by atoms with Crippen LogP contribution in [0.2, 0.25) is 0 Å². The first-order chi connectivity index (χ1) is 19.1. The Morgan fingerprint density at radius 3 is 2.34 bits per heavy atom. The van der Waals surface area contributed by atoms with Crippen LogP contribution >= 0.6 is 0 Å². The van der Waals surface area contributed by atoms with Gasteiger partial charge in [0, 0.05) is 36.6 Å². The molecule has 2 bridgehead atoms. The van der Waals surface area contributed by atoms with Gasteiger partial charge in [-0.2, -0.15) is 0 Å². The lowest BCUT2D eigenvalue weighted by molar-refractivity contribution is -0.180. The first-order valence-electron chi connectivity index (χ1n) is 14.5. The fourth-order valence-electron chi connectivity index (χ4n) is 7.73. The molecule has 41 heavy (non-hydrogen) atoms. The van der Waals surface area contributed by atoms with Crippen molar-refractivity contribution in [2.24, 2.45) is 22.7 Å². The number of fused-ring (bicyclic) bond motifs is 3. The molecular weight excluding hydrogens is 522 g/mol. The summed E-state index contributed by atoms with van der Waals surface area (Å²) in [5.74, 6) is -2.29. The highest BCUT2D eigenvalue weighted by Gasteiger charge is 2.61. The van der Waals surface area contributed by atoms with E-state index in [4.69, 9.17) is 9.47 Å². The minimum atomic E-state index is -1.22. The average Bonchev–Trinajstić information content (AvgIpc) is 2.89. The fraction of sp³-hybridized carbons (Fsp3) is 0.606. The first-order valence-corrected chi connectivity index (χ1v) is 14.5. The van der Waals surface area contributed by atoms with Crippen molar-refractivity contribution in [1.82, 2.24) is 4.90 Å². The molecule has 2 N–H and O–H groups in total. The lowest BCUT2D eigenvalue weighted by atomic mass is 9.49. The molecular formula is C33H45NO7. The number of ketones is 1. The number of hydrogen-bond acceptors (Lipinski definition) is 8. The number of benzene rings is 1. The van der Waals surface area contributed by atoms with E-state index in [0.717, 1.165) is 5.56 Å². The van der Waals surface area contributed by atoms with Gasteiger partial charge < -0.3 is 24.6 Å². The predicted molar refractivity (Wildman–Crippen MR) is 155 cm³/mol. The van der Waals surface area contributed by atoms with Gasteiger partial charge in [-0.3, -0.25) is 14.4 Å². The third-order valence-electron chi connectivity index (χ3n) is 10.1. The van der Waals surface area contributed by atoms with E-state index in [0.29, 0.717) is 29.6 Å². The van der Waals surface area contributed by atoms with Crippen molar-refractivity contribution in [1.29, 1.82) is 0 Å². The fourth-order valence-corrected chi connectivity index (χ4v) is 7.73. The number of aliphatic hydroxyl groups excluding tert-OH is 2. The van der Waals surface area contributed by atoms with Gasteiger partial charge in [-0.1, -0.05) is 57.7 Å². The smallest absolute Gasteiger partial charge is 0.308 e. The van der Waals surface area contributed by atoms with E-state index in [2.05, 4.69) is 6.58 Å². The number of esters is 2. The van der Waals surface area contributed by atoms with E-state index >= 15 is 0 Å². The van der Waals surface area contributed by atoms with Crippen LogP contribution in [-0.4, -0.2) is 71.3 Å². The van der Waals surface area contributed by atoms with Crippen molar-refractivity contribution in [2.45, 2.75) is 90.8 Å². The van der Waals surface area contributed by atoms with Gasteiger partial charge in [-0.05, 0) is 61.6 Å². The summed E-state index contributed by atoms with van der Waals surface area (Å²) in [5, 5.41) is 23.9. The minimum Gasteiger partial charge on any atom is -0.458 e. The molecule has 8 heteroatoms. The third-order valence-corrected chi connectivity index (χ3v) is 10.1. The molecule has 224 valence electrons. The molecule has 3 aliphatic carbocycles. The van der Waals surface area contributed by atoms with E-state index < -0.39 is 53.1 Å². The predicted octanol–water partition coefficient (Wildman–Crippen LogP) is 4.16. The number of hydrogen-bond donors (Lipinski definition) is 2. The van der Waals surface area contributed by atoms with E-state index in [-0.39, 0.29) is 30.6 Å². The van der Waals surface area contributed by atoms with Crippen LogP contribution in [0.3, 0.4) is 0 Å². The molecule has 0 radical (unpaired) electrons. The Kier molecular flexibility index (Phi) is 8.70. The van der Waals surface area contributed by atoms with Gasteiger partial charge in [0.1, 0.15) is 12.2 Å². The highest BCUT2D eigenvalue weighted by atomic mass is 16.6. The number of nitrogens with zero attached hydrogens (tertiary/aromatic N) is 1. The Morgan fingerprint density at radius 1 is 1.12 bits per heavy atom. The molecule has 0 amide bonds. The van der Waals surface area contributed by atoms with Crippen LogP contribution in [0.1, 0.15) is 71.9 Å². The zero-order valence-corrected chi connectivity index (χ0v) is 25.3. The summed E-state index contributed by atoms with van der Waals surface area (Å²) in [6, 6.07) is 9.58. The molecule has 3 aliphatic rings. The standard InChI is InChI=1S/C33H45NO7/c1-18-24(36)16-22-29(38)27-19(2)25(41-26(37)17-23(34(7)8)21-12-10-9-11-13-21)14-15-33(27,6)31(39)30(40-20(3)35)28(18)32(22,4)5/h9-13,22-23,25,27,29-31,38-39H,2,14-17H2,1,3-8H3. The molecule has 1 aromatic carbocycles. The minimum absolute atomic E-state index is 0.123. The average molecular weight is 568 g/mol. The van der Waals surface area contributed by atoms with Crippen LogP contribution < -0.4 is 0 Å². The molecule has 8 nitrogen and oxygen atoms in total. The Balaban J connectivity index is 1.67. The summed E-state index contributed by atoms with van der Waals surface area (Å²) in [6.45, 7) is 13.0. The van der Waals surface area contributed by atoms with Gasteiger partial charge in [0.05, 0.1) is 12.5 Å². The van der Waals surface area contributed by atoms with Crippen LogP contribution in [0, 0.1) is 22.7 Å². The summed E-state index contributed by atoms with van der Waals surface area (Å²) in [7, 11) is 3.83. The normalized spacial score (nSPS) is 33.9. The van der Waals surface area contributed by atoms with Gasteiger partial charge in [-0.25, -0.2) is 0 Å². The van der Waals surface area contributed by atoms with Crippen LogP contribution in [0.25, 0.3) is 0 Å². The lowest BCUT2D eigenvalue weighted by Crippen LogP contribution is -2.62. The molecule has 8 unspecified atom stereocenters. The second kappa shape index (κ2) is 11.5. The molecule has 1 aromatic rings. The molecule has 2 saturated carbocycles. The van der Waals surface area contributed by atoms with E-state index in [1.54, 1.807) is 6.92 Å². The van der Waals surface area contributed by atoms with Crippen molar-refractivity contribution in [2.75, 3.05) is 14.1 Å². The maximum Gasteiger partial charge on any atom is 0.308 e. The lowest BCUT2D eigenvalue weighted by Gasteiger charge is -2.58. The van der Waals surface area contributed by atoms with Crippen molar-refractivity contribution in [3.63, 3.8) is 0 Å². The topological polar surface area (TPSA) is 113 Å². The van der Waals surface area contributed by atoms with E-state index in [1.807, 2.05) is 70.1 Å². The van der Waals surface area contributed by atoms with Crippen LogP contribution in [0.5, 0.6) is 0 Å². The number of rotatable bonds is 6. The SMILES string of the molecule is C=C1C(OC(=O)CC(c2ccccc2)N(C)C)CCC2(C)C(O)C(OC(C)=O)C3=C(C)C(=O)CC(C(O)C12)C3(C)C. The molecule has 2 fully saturated rings. The van der Waals surface area contributed by atoms with Crippen LogP contribution in [-0.2, 0) is 23.9 Å². The van der Waals surface area contributed by atoms with Crippen LogP contribution in [0.15, 0.2) is 53.6 Å². The molecule has 0 heterocycles. The molecule has 0 saturated heterocycles. The number of carbonyl (C=O) groups excluding carboxylic acids is 3. The third kappa shape index (κ3) is 5.54. The molecule has 0 aromatic heterocycles. The van der Waals surface area contributed by atoms with Crippen LogP contribution in [0.4, 0.5) is 0 Å². The maximum atomic E-state index is 13.3. The quantitative estimate of drug-likeness (QED) is 0.389. The second-order valence-electron chi connectivity index (χ2n) is 13.1. The van der Waals surface area contributed by atoms with Crippen molar-refractivity contribution < 1.29 is 34.1 Å². The highest BCUT2D eigenvalue weighted by molar-refractivity contribution is 5.97. The summed E-state index contributed by atoms with van der Waals surface area (Å²) >= 11 is 0. The summed E-state index contributed by atoms with van der Waals surface area (Å²) in [4.78, 5) is 40.7. The van der Waals surface area contributed by atoms with Gasteiger partial charge in [-0.15, -0.1) is 0 Å². The van der Waals surface area contributed by atoms with Gasteiger partial charge >= 0.3 is 11.9 Å². The van der Waals surface area contributed by atoms with E-state index in [9.17, 15) is 24.6 Å². The number of ether oxygens (including phenoxy) is 2. The first kappa shape index (κ1) is 31.1. The van der Waals surface area contributed by atoms with Gasteiger partial charge in [0.25, 0.3) is 0 Å². The maximum absolute atomic E-state index is 13.3. The van der Waals surface area contributed by atoms with Crippen molar-refractivity contribution >= 4 is 17.7 Å². The monoisotopic (exact) mass is 567 g/mol. The molecule has 0 aliphatic heterocycles. The molecule has 4 rings (SSSR count). The number of aliphatic hydroxyl groups is 2. The Hall–Kier alpha value is -2.81. The number of carbonyl (C=O) groups is 3. The Morgan fingerprint density at radius 2 is 1.76 bits per heavy atom. The number of Topliss-reactive ketones (excluding diaryl/α,β-unsaturated/α-hetero) is 1. The Bertz CT molecular complexity index is 1240. The second-order valence-corrected chi connectivity index (χ2v) is 13.1. The summed E-state index contributed by atoms with van der Waals surface area (Å²) in [6.07, 6.45) is -2.90. The summed E-state index contributed by atoms with van der Waals surface area (Å²) in [5.41, 5.74) is 0.854. The zero-order chi connectivity index (χ0) is 30.4. The van der Waals surface area contributed by atoms with E-state index in [1.165, 1.54) is 6.92 Å². The van der Waals surface area contributed by atoms with Crippen molar-refractivity contribution in [3.8, 4) is 0 Å². The largest absolute Gasteiger partial charge is 0.458 e. The van der Waals surface area contributed by atoms with Crippen molar-refractivity contribution in [3.05, 3.63) is 59.2 Å². The molecule has 8 atom stereocenters. The molecule has 0 spiro atoms. The Labute approximate surface area is 243 Å². The number of allylic oxidation sites excluding steroid dienone is 1.